The van der Waals surface area contributed by atoms with Crippen molar-refractivity contribution in [3.05, 3.63) is 0 Å². The summed E-state index contributed by atoms with van der Waals surface area (Å²) in [4.78, 5) is 14.2. The molecular formula is C13H27Cl2N3O. The molecule has 3 unspecified atom stereocenters. The van der Waals surface area contributed by atoms with Gasteiger partial charge < -0.3 is 16.0 Å². The maximum atomic E-state index is 12.0. The predicted molar refractivity (Wildman–Crippen MR) is 83.0 cm³/mol. The maximum absolute atomic E-state index is 12.0. The summed E-state index contributed by atoms with van der Waals surface area (Å²) in [6.07, 6.45) is 5.45. The summed E-state index contributed by atoms with van der Waals surface area (Å²) in [5, 5.41) is 3.11. The Kier molecular flexibility index (Phi) is 8.29. The molecule has 114 valence electrons. The summed E-state index contributed by atoms with van der Waals surface area (Å²) in [7, 11) is 4.20. The highest BCUT2D eigenvalue weighted by molar-refractivity contribution is 5.85. The van der Waals surface area contributed by atoms with Crippen LogP contribution in [0.3, 0.4) is 0 Å². The summed E-state index contributed by atoms with van der Waals surface area (Å²) in [5.41, 5.74) is 5.84. The van der Waals surface area contributed by atoms with Crippen molar-refractivity contribution < 1.29 is 4.79 Å². The molecule has 0 spiro atoms. The molecule has 2 rings (SSSR count). The van der Waals surface area contributed by atoms with Crippen molar-refractivity contribution >= 4 is 30.7 Å². The van der Waals surface area contributed by atoms with Gasteiger partial charge in [-0.25, -0.2) is 0 Å². The monoisotopic (exact) mass is 311 g/mol. The van der Waals surface area contributed by atoms with Crippen LogP contribution in [0.1, 0.15) is 32.1 Å². The first-order valence-corrected chi connectivity index (χ1v) is 6.77. The predicted octanol–water partition coefficient (Wildman–Crippen LogP) is 1.41. The molecule has 3 N–H and O–H groups in total. The van der Waals surface area contributed by atoms with Crippen LogP contribution in [0.2, 0.25) is 0 Å². The Morgan fingerprint density at radius 1 is 1.26 bits per heavy atom. The highest BCUT2D eigenvalue weighted by Gasteiger charge is 2.34. The van der Waals surface area contributed by atoms with Gasteiger partial charge in [-0.05, 0) is 52.1 Å². The van der Waals surface area contributed by atoms with Crippen molar-refractivity contribution in [2.45, 2.75) is 44.2 Å². The molecule has 0 aromatic carbocycles. The molecule has 0 heterocycles. The number of hydrogen-bond donors (Lipinski definition) is 2. The zero-order valence-corrected chi connectivity index (χ0v) is 13.4. The Labute approximate surface area is 128 Å². The molecule has 2 saturated carbocycles. The summed E-state index contributed by atoms with van der Waals surface area (Å²) in [6, 6.07) is 0.743. The average Bonchev–Trinajstić information content (AvgIpc) is 3.00. The highest BCUT2D eigenvalue weighted by atomic mass is 35.5. The van der Waals surface area contributed by atoms with Crippen molar-refractivity contribution in [3.8, 4) is 0 Å². The van der Waals surface area contributed by atoms with Crippen molar-refractivity contribution in [1.29, 1.82) is 0 Å². The molecule has 6 heteroatoms. The first-order valence-electron chi connectivity index (χ1n) is 6.77. The van der Waals surface area contributed by atoms with E-state index in [9.17, 15) is 4.79 Å². The van der Waals surface area contributed by atoms with Crippen molar-refractivity contribution in [3.63, 3.8) is 0 Å². The molecule has 1 amide bonds. The maximum Gasteiger partial charge on any atom is 0.223 e. The van der Waals surface area contributed by atoms with E-state index in [4.69, 9.17) is 5.73 Å². The van der Waals surface area contributed by atoms with Gasteiger partial charge in [-0.15, -0.1) is 24.8 Å². The van der Waals surface area contributed by atoms with E-state index in [0.29, 0.717) is 6.04 Å². The van der Waals surface area contributed by atoms with Crippen molar-refractivity contribution in [2.75, 3.05) is 20.6 Å². The third kappa shape index (κ3) is 5.46. The molecule has 4 nitrogen and oxygen atoms in total. The Bertz CT molecular complexity index is 283. The molecular weight excluding hydrogens is 285 g/mol. The molecule has 2 aliphatic rings. The number of nitrogens with one attached hydrogen (secondary N) is 1. The lowest BCUT2D eigenvalue weighted by molar-refractivity contribution is -0.125. The first kappa shape index (κ1) is 19.0. The number of likely N-dealkylation sites (N-methyl/N-ethyl adjacent to an activating group) is 1. The van der Waals surface area contributed by atoms with Gasteiger partial charge in [0.2, 0.25) is 5.91 Å². The van der Waals surface area contributed by atoms with Crippen LogP contribution in [-0.4, -0.2) is 43.5 Å². The largest absolute Gasteiger partial charge is 0.354 e. The van der Waals surface area contributed by atoms with Gasteiger partial charge in [0.25, 0.3) is 0 Å². The van der Waals surface area contributed by atoms with E-state index < -0.39 is 0 Å². The molecule has 0 aliphatic heterocycles. The topological polar surface area (TPSA) is 58.4 Å². The van der Waals surface area contributed by atoms with Crippen LogP contribution in [0.5, 0.6) is 0 Å². The summed E-state index contributed by atoms with van der Waals surface area (Å²) >= 11 is 0. The van der Waals surface area contributed by atoms with Gasteiger partial charge in [-0.3, -0.25) is 4.79 Å². The van der Waals surface area contributed by atoms with Crippen LogP contribution in [0, 0.1) is 11.8 Å². The fourth-order valence-corrected chi connectivity index (χ4v) is 2.86. The second kappa shape index (κ2) is 8.30. The third-order valence-corrected chi connectivity index (χ3v) is 4.16. The van der Waals surface area contributed by atoms with Crippen LogP contribution in [0.15, 0.2) is 0 Å². The van der Waals surface area contributed by atoms with Crippen molar-refractivity contribution in [1.82, 2.24) is 10.2 Å². The number of hydrogen-bond acceptors (Lipinski definition) is 3. The van der Waals surface area contributed by atoms with Crippen LogP contribution in [0.25, 0.3) is 0 Å². The summed E-state index contributed by atoms with van der Waals surface area (Å²) < 4.78 is 0. The van der Waals surface area contributed by atoms with Gasteiger partial charge in [-0.2, -0.15) is 0 Å². The Balaban J connectivity index is 0.00000162. The quantitative estimate of drug-likeness (QED) is 0.807. The fourth-order valence-electron chi connectivity index (χ4n) is 2.86. The molecule has 0 bridgehead atoms. The molecule has 2 aliphatic carbocycles. The number of nitrogens with zero attached hydrogens (tertiary/aromatic N) is 1. The molecule has 0 radical (unpaired) electrons. The lowest BCUT2D eigenvalue weighted by Gasteiger charge is -2.25. The molecule has 0 aromatic heterocycles. The minimum atomic E-state index is 0. The number of rotatable bonds is 5. The fraction of sp³-hybridized carbons (Fsp3) is 0.923. The van der Waals surface area contributed by atoms with Crippen LogP contribution in [0.4, 0.5) is 0 Å². The number of halogens is 2. The Morgan fingerprint density at radius 3 is 2.32 bits per heavy atom. The molecule has 19 heavy (non-hydrogen) atoms. The minimum Gasteiger partial charge on any atom is -0.354 e. The van der Waals surface area contributed by atoms with Gasteiger partial charge in [-0.1, -0.05) is 0 Å². The minimum absolute atomic E-state index is 0. The van der Waals surface area contributed by atoms with Crippen LogP contribution in [-0.2, 0) is 4.79 Å². The van der Waals surface area contributed by atoms with E-state index in [1.54, 1.807) is 0 Å². The number of nitrogens with two attached hydrogens (primary N) is 1. The number of carbonyl (C=O) groups excluding carboxylic acids is 1. The van der Waals surface area contributed by atoms with E-state index in [-0.39, 0.29) is 42.7 Å². The van der Waals surface area contributed by atoms with E-state index in [1.165, 1.54) is 12.8 Å². The van der Waals surface area contributed by atoms with Crippen LogP contribution < -0.4 is 11.1 Å². The SMILES string of the molecule is CN(C)C(CNC(=O)C1CCC(N)C1)C1CC1.Cl.Cl. The van der Waals surface area contributed by atoms with Gasteiger partial charge in [0.1, 0.15) is 0 Å². The first-order chi connectivity index (χ1) is 8.08. The zero-order chi connectivity index (χ0) is 12.4. The summed E-state index contributed by atoms with van der Waals surface area (Å²) in [6.45, 7) is 0.794. The average molecular weight is 312 g/mol. The number of carbonyl (C=O) groups is 1. The molecule has 2 fully saturated rings. The van der Waals surface area contributed by atoms with E-state index in [2.05, 4.69) is 24.3 Å². The lowest BCUT2D eigenvalue weighted by Crippen LogP contribution is -2.43. The van der Waals surface area contributed by atoms with Crippen molar-refractivity contribution in [2.24, 2.45) is 17.6 Å². The zero-order valence-electron chi connectivity index (χ0n) is 11.8. The summed E-state index contributed by atoms with van der Waals surface area (Å²) in [5.74, 6) is 1.16. The second-order valence-corrected chi connectivity index (χ2v) is 5.88. The van der Waals surface area contributed by atoms with Gasteiger partial charge in [0.15, 0.2) is 0 Å². The van der Waals surface area contributed by atoms with E-state index >= 15 is 0 Å². The van der Waals surface area contributed by atoms with Gasteiger partial charge in [0.05, 0.1) is 0 Å². The van der Waals surface area contributed by atoms with Gasteiger partial charge >= 0.3 is 0 Å². The molecule has 0 saturated heterocycles. The molecule has 0 aromatic rings. The smallest absolute Gasteiger partial charge is 0.223 e. The molecule has 3 atom stereocenters. The third-order valence-electron chi connectivity index (χ3n) is 4.16. The van der Waals surface area contributed by atoms with Crippen LogP contribution >= 0.6 is 24.8 Å². The second-order valence-electron chi connectivity index (χ2n) is 5.88. The van der Waals surface area contributed by atoms with E-state index in [1.807, 2.05) is 0 Å². The number of amides is 1. The Morgan fingerprint density at radius 2 is 1.89 bits per heavy atom. The standard InChI is InChI=1S/C13H25N3O.2ClH/c1-16(2)12(9-3-4-9)8-15-13(17)10-5-6-11(14)7-10;;/h9-12H,3-8,14H2,1-2H3,(H,15,17);2*1H. The normalized spacial score (nSPS) is 27.4. The Hall–Kier alpha value is -0.0300. The van der Waals surface area contributed by atoms with Gasteiger partial charge in [0, 0.05) is 24.5 Å². The van der Waals surface area contributed by atoms with E-state index in [0.717, 1.165) is 31.7 Å². The highest BCUT2D eigenvalue weighted by Crippen LogP contribution is 2.34. The lowest BCUT2D eigenvalue weighted by atomic mass is 10.1.